The average molecular weight is 362 g/mol. The zero-order chi connectivity index (χ0) is 16.0. The summed E-state index contributed by atoms with van der Waals surface area (Å²) in [6.07, 6.45) is -5.47. The molecule has 3 nitrogen and oxygen atoms in total. The van der Waals surface area contributed by atoms with Crippen molar-refractivity contribution in [3.8, 4) is 0 Å². The molecule has 0 aromatic heterocycles. The van der Waals surface area contributed by atoms with Crippen LogP contribution in [-0.2, 0) is 10.9 Å². The lowest BCUT2D eigenvalue weighted by molar-refractivity contribution is -0.137. The molecular formula is C13H13Cl2F4NO2. The van der Waals surface area contributed by atoms with E-state index < -0.39 is 40.1 Å². The largest absolute Gasteiger partial charge is 0.449 e. The van der Waals surface area contributed by atoms with Gasteiger partial charge in [0.15, 0.2) is 0 Å². The maximum absolute atomic E-state index is 14.1. The average Bonchev–Trinajstić information content (AvgIpc) is 2.34. The third-order valence-electron chi connectivity index (χ3n) is 3.31. The van der Waals surface area contributed by atoms with Gasteiger partial charge in [-0.25, -0.2) is 9.18 Å². The van der Waals surface area contributed by atoms with E-state index in [4.69, 9.17) is 16.3 Å². The van der Waals surface area contributed by atoms with Gasteiger partial charge in [-0.15, -0.1) is 12.4 Å². The van der Waals surface area contributed by atoms with Crippen LogP contribution in [0.1, 0.15) is 31.0 Å². The fraction of sp³-hybridized carbons (Fsp3) is 0.462. The lowest BCUT2D eigenvalue weighted by Crippen LogP contribution is -2.47. The van der Waals surface area contributed by atoms with Gasteiger partial charge in [-0.3, -0.25) is 0 Å². The number of amides is 1. The summed E-state index contributed by atoms with van der Waals surface area (Å²) in [6, 6.07) is 0.215. The summed E-state index contributed by atoms with van der Waals surface area (Å²) >= 11 is 5.55. The second kappa shape index (κ2) is 6.12. The number of halogens is 6. The number of rotatable bonds is 1. The van der Waals surface area contributed by atoms with Crippen LogP contribution in [0.2, 0.25) is 5.02 Å². The maximum atomic E-state index is 14.1. The van der Waals surface area contributed by atoms with Crippen molar-refractivity contribution in [3.63, 3.8) is 0 Å². The van der Waals surface area contributed by atoms with Crippen LogP contribution in [0.3, 0.4) is 0 Å². The SMILES string of the molecule is CC1(C)COC(=O)N[C@@H]1c1cc(C(F)(F)F)cc(Cl)c1F.Cl. The molecule has 0 spiro atoms. The molecule has 0 radical (unpaired) electrons. The minimum absolute atomic E-state index is 0. The zero-order valence-electron chi connectivity index (χ0n) is 11.6. The molecule has 1 saturated heterocycles. The second-order valence-electron chi connectivity index (χ2n) is 5.50. The quantitative estimate of drug-likeness (QED) is 0.734. The molecule has 1 amide bonds. The molecule has 1 aliphatic rings. The molecule has 0 aliphatic carbocycles. The first kappa shape index (κ1) is 18.8. The molecule has 1 aliphatic heterocycles. The van der Waals surface area contributed by atoms with Crippen molar-refractivity contribution >= 4 is 30.1 Å². The van der Waals surface area contributed by atoms with Crippen LogP contribution >= 0.6 is 24.0 Å². The summed E-state index contributed by atoms with van der Waals surface area (Å²) in [5.41, 5.74) is -2.17. The van der Waals surface area contributed by atoms with E-state index in [-0.39, 0.29) is 24.6 Å². The summed E-state index contributed by atoms with van der Waals surface area (Å²) < 4.78 is 57.4. The summed E-state index contributed by atoms with van der Waals surface area (Å²) in [4.78, 5) is 11.3. The molecule has 9 heteroatoms. The van der Waals surface area contributed by atoms with Gasteiger partial charge in [-0.05, 0) is 12.1 Å². The Morgan fingerprint density at radius 3 is 2.50 bits per heavy atom. The van der Waals surface area contributed by atoms with Gasteiger partial charge < -0.3 is 10.1 Å². The number of benzene rings is 1. The van der Waals surface area contributed by atoms with Crippen LogP contribution in [0.4, 0.5) is 22.4 Å². The fourth-order valence-corrected chi connectivity index (χ4v) is 2.40. The first-order valence-corrected chi connectivity index (χ1v) is 6.39. The second-order valence-corrected chi connectivity index (χ2v) is 5.91. The molecule has 1 N–H and O–H groups in total. The Morgan fingerprint density at radius 2 is 1.95 bits per heavy atom. The van der Waals surface area contributed by atoms with Gasteiger partial charge in [0.05, 0.1) is 16.6 Å². The van der Waals surface area contributed by atoms with Gasteiger partial charge in [-0.2, -0.15) is 13.2 Å². The van der Waals surface area contributed by atoms with Gasteiger partial charge in [0.1, 0.15) is 12.4 Å². The highest BCUT2D eigenvalue weighted by Crippen LogP contribution is 2.41. The van der Waals surface area contributed by atoms with E-state index in [2.05, 4.69) is 5.32 Å². The van der Waals surface area contributed by atoms with E-state index in [0.717, 1.165) is 0 Å². The van der Waals surface area contributed by atoms with Gasteiger partial charge in [0, 0.05) is 11.0 Å². The molecule has 1 fully saturated rings. The molecule has 2 rings (SSSR count). The number of alkyl halides is 3. The van der Waals surface area contributed by atoms with E-state index >= 15 is 0 Å². The van der Waals surface area contributed by atoms with Crippen LogP contribution in [0.25, 0.3) is 0 Å². The summed E-state index contributed by atoms with van der Waals surface area (Å²) in [5, 5.41) is 1.70. The summed E-state index contributed by atoms with van der Waals surface area (Å²) in [7, 11) is 0. The first-order chi connectivity index (χ1) is 9.52. The van der Waals surface area contributed by atoms with E-state index in [1.807, 2.05) is 0 Å². The fourth-order valence-electron chi connectivity index (χ4n) is 2.17. The Morgan fingerprint density at radius 1 is 1.36 bits per heavy atom. The lowest BCUT2D eigenvalue weighted by atomic mass is 9.80. The Balaban J connectivity index is 0.00000242. The van der Waals surface area contributed by atoms with Crippen molar-refractivity contribution in [2.24, 2.45) is 5.41 Å². The standard InChI is InChI=1S/C13H12ClF4NO2.ClH/c1-12(2)5-21-11(20)19-10(12)7-3-6(13(16,17)18)4-8(14)9(7)15;/h3-4,10H,5H2,1-2H3,(H,19,20);1H/t10-;/m1./s1. The number of carbonyl (C=O) groups excluding carboxylic acids is 1. The van der Waals surface area contributed by atoms with Crippen molar-refractivity contribution in [1.29, 1.82) is 0 Å². The van der Waals surface area contributed by atoms with Crippen molar-refractivity contribution in [2.45, 2.75) is 26.1 Å². The van der Waals surface area contributed by atoms with Crippen molar-refractivity contribution in [3.05, 3.63) is 34.1 Å². The minimum atomic E-state index is -4.66. The molecule has 1 aromatic carbocycles. The molecule has 22 heavy (non-hydrogen) atoms. The van der Waals surface area contributed by atoms with Crippen LogP contribution < -0.4 is 5.32 Å². The molecule has 0 unspecified atom stereocenters. The zero-order valence-corrected chi connectivity index (χ0v) is 13.1. The normalized spacial score (nSPS) is 20.7. The predicted molar refractivity (Wildman–Crippen MR) is 74.7 cm³/mol. The van der Waals surface area contributed by atoms with Crippen molar-refractivity contribution in [2.75, 3.05) is 6.61 Å². The van der Waals surface area contributed by atoms with Crippen molar-refractivity contribution in [1.82, 2.24) is 5.32 Å². The number of ether oxygens (including phenoxy) is 1. The van der Waals surface area contributed by atoms with Gasteiger partial charge in [-0.1, -0.05) is 25.4 Å². The highest BCUT2D eigenvalue weighted by Gasteiger charge is 2.41. The molecule has 124 valence electrons. The van der Waals surface area contributed by atoms with E-state index in [9.17, 15) is 22.4 Å². The maximum Gasteiger partial charge on any atom is 0.416 e. The van der Waals surface area contributed by atoms with Crippen LogP contribution in [0.15, 0.2) is 12.1 Å². The Bertz CT molecular complexity index is 590. The Hall–Kier alpha value is -1.21. The Labute approximate surface area is 135 Å². The van der Waals surface area contributed by atoms with Gasteiger partial charge in [0.2, 0.25) is 0 Å². The van der Waals surface area contributed by atoms with Crippen LogP contribution in [0, 0.1) is 11.2 Å². The molecule has 0 saturated carbocycles. The van der Waals surface area contributed by atoms with Gasteiger partial charge >= 0.3 is 12.3 Å². The smallest absolute Gasteiger partial charge is 0.416 e. The van der Waals surface area contributed by atoms with E-state index in [1.165, 1.54) is 0 Å². The summed E-state index contributed by atoms with van der Waals surface area (Å²) in [5.74, 6) is -0.982. The monoisotopic (exact) mass is 361 g/mol. The third-order valence-corrected chi connectivity index (χ3v) is 3.59. The van der Waals surface area contributed by atoms with Crippen LogP contribution in [0.5, 0.6) is 0 Å². The number of carbonyl (C=O) groups is 1. The lowest BCUT2D eigenvalue weighted by Gasteiger charge is -2.38. The van der Waals surface area contributed by atoms with Gasteiger partial charge in [0.25, 0.3) is 0 Å². The number of alkyl carbamates (subject to hydrolysis) is 1. The van der Waals surface area contributed by atoms with Crippen LogP contribution in [-0.4, -0.2) is 12.7 Å². The number of nitrogens with one attached hydrogen (secondary N) is 1. The number of hydrogen-bond donors (Lipinski definition) is 1. The Kier molecular flexibility index (Phi) is 5.24. The molecule has 1 atom stereocenters. The first-order valence-electron chi connectivity index (χ1n) is 6.02. The minimum Gasteiger partial charge on any atom is -0.449 e. The highest BCUT2D eigenvalue weighted by molar-refractivity contribution is 6.30. The highest BCUT2D eigenvalue weighted by atomic mass is 35.5. The number of hydrogen-bond acceptors (Lipinski definition) is 2. The molecule has 0 bridgehead atoms. The summed E-state index contributed by atoms with van der Waals surface area (Å²) in [6.45, 7) is 3.24. The van der Waals surface area contributed by atoms with E-state index in [1.54, 1.807) is 13.8 Å². The third kappa shape index (κ3) is 3.57. The molecular weight excluding hydrogens is 349 g/mol. The molecule has 1 aromatic rings. The van der Waals surface area contributed by atoms with E-state index in [0.29, 0.717) is 12.1 Å². The topological polar surface area (TPSA) is 38.3 Å². The predicted octanol–water partition coefficient (Wildman–Crippen LogP) is 4.73. The number of cyclic esters (lactones) is 1. The van der Waals surface area contributed by atoms with Crippen molar-refractivity contribution < 1.29 is 27.1 Å². The molecule has 1 heterocycles.